The minimum absolute atomic E-state index is 0.195. The van der Waals surface area contributed by atoms with Gasteiger partial charge in [0.1, 0.15) is 0 Å². The van der Waals surface area contributed by atoms with Crippen LogP contribution in [0.2, 0.25) is 0 Å². The fourth-order valence-electron chi connectivity index (χ4n) is 1.95. The summed E-state index contributed by atoms with van der Waals surface area (Å²) in [7, 11) is 0. The lowest BCUT2D eigenvalue weighted by Crippen LogP contribution is -2.23. The highest BCUT2D eigenvalue weighted by Crippen LogP contribution is 2.21. The Balaban J connectivity index is 2.44. The van der Waals surface area contributed by atoms with Crippen molar-refractivity contribution in [2.45, 2.75) is 33.1 Å². The molecule has 1 heterocycles. The van der Waals surface area contributed by atoms with Crippen LogP contribution >= 0.6 is 0 Å². The van der Waals surface area contributed by atoms with Crippen molar-refractivity contribution in [3.05, 3.63) is 11.8 Å². The summed E-state index contributed by atoms with van der Waals surface area (Å²) >= 11 is 0. The SMILES string of the molecule is CCOC(=O)/C=C1\CCCN1CCC(=O)OCC. The van der Waals surface area contributed by atoms with Crippen LogP contribution in [-0.2, 0) is 19.1 Å². The van der Waals surface area contributed by atoms with Gasteiger partial charge in [-0.25, -0.2) is 4.79 Å². The molecule has 0 N–H and O–H groups in total. The molecule has 0 radical (unpaired) electrons. The summed E-state index contributed by atoms with van der Waals surface area (Å²) in [6.45, 7) is 5.84. The molecule has 1 fully saturated rings. The van der Waals surface area contributed by atoms with Crippen LogP contribution in [0.3, 0.4) is 0 Å². The zero-order valence-corrected chi connectivity index (χ0v) is 11.1. The van der Waals surface area contributed by atoms with Crippen molar-refractivity contribution < 1.29 is 19.1 Å². The number of hydrogen-bond donors (Lipinski definition) is 0. The van der Waals surface area contributed by atoms with E-state index in [-0.39, 0.29) is 11.9 Å². The highest BCUT2D eigenvalue weighted by atomic mass is 16.5. The van der Waals surface area contributed by atoms with Gasteiger partial charge in [0.15, 0.2) is 0 Å². The van der Waals surface area contributed by atoms with Gasteiger partial charge in [-0.1, -0.05) is 0 Å². The monoisotopic (exact) mass is 255 g/mol. The van der Waals surface area contributed by atoms with E-state index in [1.807, 2.05) is 4.90 Å². The molecule has 102 valence electrons. The van der Waals surface area contributed by atoms with Gasteiger partial charge in [-0.05, 0) is 26.7 Å². The molecule has 0 bridgehead atoms. The average Bonchev–Trinajstić information content (AvgIpc) is 2.74. The van der Waals surface area contributed by atoms with Crippen molar-refractivity contribution in [3.8, 4) is 0 Å². The Kier molecular flexibility index (Phi) is 6.25. The molecule has 0 aromatic rings. The number of carbonyl (C=O) groups excluding carboxylic acids is 2. The topological polar surface area (TPSA) is 55.8 Å². The predicted octanol–water partition coefficient (Wildman–Crippen LogP) is 1.48. The molecular formula is C13H21NO4. The molecule has 0 saturated carbocycles. The molecule has 5 nitrogen and oxygen atoms in total. The van der Waals surface area contributed by atoms with Gasteiger partial charge in [0.2, 0.25) is 0 Å². The van der Waals surface area contributed by atoms with Crippen molar-refractivity contribution in [2.24, 2.45) is 0 Å². The standard InChI is InChI=1S/C13H21NO4/c1-3-17-12(15)7-9-14-8-5-6-11(14)10-13(16)18-4-2/h10H,3-9H2,1-2H3/b11-10+. The van der Waals surface area contributed by atoms with Crippen molar-refractivity contribution in [3.63, 3.8) is 0 Å². The van der Waals surface area contributed by atoms with E-state index in [9.17, 15) is 9.59 Å². The minimum Gasteiger partial charge on any atom is -0.466 e. The van der Waals surface area contributed by atoms with Crippen LogP contribution in [0.1, 0.15) is 33.1 Å². The smallest absolute Gasteiger partial charge is 0.332 e. The maximum Gasteiger partial charge on any atom is 0.332 e. The third-order valence-corrected chi connectivity index (χ3v) is 2.73. The van der Waals surface area contributed by atoms with Gasteiger partial charge in [0.25, 0.3) is 0 Å². The molecular weight excluding hydrogens is 234 g/mol. The summed E-state index contributed by atoms with van der Waals surface area (Å²) in [6.07, 6.45) is 3.76. The third-order valence-electron chi connectivity index (χ3n) is 2.73. The minimum atomic E-state index is -0.310. The predicted molar refractivity (Wildman–Crippen MR) is 66.8 cm³/mol. The lowest BCUT2D eigenvalue weighted by atomic mass is 10.3. The zero-order chi connectivity index (χ0) is 13.4. The summed E-state index contributed by atoms with van der Waals surface area (Å²) in [5.41, 5.74) is 0.956. The summed E-state index contributed by atoms with van der Waals surface area (Å²) in [5, 5.41) is 0. The van der Waals surface area contributed by atoms with Crippen molar-refractivity contribution in [1.82, 2.24) is 4.90 Å². The second-order valence-electron chi connectivity index (χ2n) is 4.03. The van der Waals surface area contributed by atoms with Crippen LogP contribution in [-0.4, -0.2) is 43.1 Å². The quantitative estimate of drug-likeness (QED) is 0.531. The lowest BCUT2D eigenvalue weighted by Gasteiger charge is -2.19. The summed E-state index contributed by atoms with van der Waals surface area (Å²) < 4.78 is 9.76. The van der Waals surface area contributed by atoms with Crippen LogP contribution in [0.4, 0.5) is 0 Å². The number of hydrogen-bond acceptors (Lipinski definition) is 5. The van der Waals surface area contributed by atoms with Crippen molar-refractivity contribution in [2.75, 3.05) is 26.3 Å². The first-order valence-electron chi connectivity index (χ1n) is 6.45. The molecule has 0 unspecified atom stereocenters. The van der Waals surface area contributed by atoms with Crippen molar-refractivity contribution >= 4 is 11.9 Å². The highest BCUT2D eigenvalue weighted by Gasteiger charge is 2.19. The molecule has 0 atom stereocenters. The van der Waals surface area contributed by atoms with Crippen LogP contribution in [0, 0.1) is 0 Å². The number of carbonyl (C=O) groups is 2. The molecule has 0 aromatic carbocycles. The molecule has 1 aliphatic heterocycles. The Morgan fingerprint density at radius 2 is 2.00 bits per heavy atom. The van der Waals surface area contributed by atoms with Crippen LogP contribution in [0.25, 0.3) is 0 Å². The molecule has 1 rings (SSSR count). The van der Waals surface area contributed by atoms with E-state index in [1.54, 1.807) is 13.8 Å². The molecule has 0 aliphatic carbocycles. The van der Waals surface area contributed by atoms with Crippen molar-refractivity contribution in [1.29, 1.82) is 0 Å². The van der Waals surface area contributed by atoms with Crippen LogP contribution in [0.5, 0.6) is 0 Å². The molecule has 1 saturated heterocycles. The Labute approximate surface area is 108 Å². The third kappa shape index (κ3) is 4.77. The van der Waals surface area contributed by atoms with E-state index in [0.29, 0.717) is 26.2 Å². The first kappa shape index (κ1) is 14.5. The van der Waals surface area contributed by atoms with Crippen LogP contribution < -0.4 is 0 Å². The molecule has 0 spiro atoms. The average molecular weight is 255 g/mol. The second-order valence-corrected chi connectivity index (χ2v) is 4.03. The van der Waals surface area contributed by atoms with Gasteiger partial charge in [-0.3, -0.25) is 4.79 Å². The van der Waals surface area contributed by atoms with Gasteiger partial charge < -0.3 is 14.4 Å². The maximum atomic E-state index is 11.4. The summed E-state index contributed by atoms with van der Waals surface area (Å²) in [4.78, 5) is 24.7. The van der Waals surface area contributed by atoms with Gasteiger partial charge in [-0.2, -0.15) is 0 Å². The van der Waals surface area contributed by atoms with Gasteiger partial charge in [0.05, 0.1) is 19.6 Å². The molecule has 18 heavy (non-hydrogen) atoms. The number of nitrogens with zero attached hydrogens (tertiary/aromatic N) is 1. The number of allylic oxidation sites excluding steroid dienone is 1. The first-order valence-corrected chi connectivity index (χ1v) is 6.45. The number of rotatable bonds is 6. The second kappa shape index (κ2) is 7.74. The Morgan fingerprint density at radius 1 is 1.28 bits per heavy atom. The van der Waals surface area contributed by atoms with Gasteiger partial charge >= 0.3 is 11.9 Å². The number of esters is 2. The highest BCUT2D eigenvalue weighted by molar-refractivity contribution is 5.82. The molecule has 0 aromatic heterocycles. The zero-order valence-electron chi connectivity index (χ0n) is 11.1. The first-order chi connectivity index (χ1) is 8.67. The van der Waals surface area contributed by atoms with E-state index < -0.39 is 0 Å². The van der Waals surface area contributed by atoms with E-state index >= 15 is 0 Å². The van der Waals surface area contributed by atoms with Gasteiger partial charge in [-0.15, -0.1) is 0 Å². The number of ether oxygens (including phenoxy) is 2. The summed E-state index contributed by atoms with van der Waals surface area (Å²) in [6, 6.07) is 0. The normalized spacial score (nSPS) is 17.0. The molecule has 0 amide bonds. The van der Waals surface area contributed by atoms with E-state index in [1.165, 1.54) is 6.08 Å². The van der Waals surface area contributed by atoms with E-state index in [4.69, 9.17) is 9.47 Å². The largest absolute Gasteiger partial charge is 0.466 e. The molecule has 1 aliphatic rings. The Morgan fingerprint density at radius 3 is 2.67 bits per heavy atom. The van der Waals surface area contributed by atoms with Crippen LogP contribution in [0.15, 0.2) is 11.8 Å². The Hall–Kier alpha value is -1.52. The fourth-order valence-corrected chi connectivity index (χ4v) is 1.95. The molecule has 5 heteroatoms. The summed E-state index contributed by atoms with van der Waals surface area (Å²) in [5.74, 6) is -0.504. The number of likely N-dealkylation sites (tertiary alicyclic amines) is 1. The van der Waals surface area contributed by atoms with E-state index in [2.05, 4.69) is 0 Å². The van der Waals surface area contributed by atoms with Gasteiger partial charge in [0, 0.05) is 24.9 Å². The van der Waals surface area contributed by atoms with E-state index in [0.717, 1.165) is 25.1 Å². The maximum absolute atomic E-state index is 11.4. The Bertz CT molecular complexity index is 325. The lowest BCUT2D eigenvalue weighted by molar-refractivity contribution is -0.143. The fraction of sp³-hybridized carbons (Fsp3) is 0.692.